The standard InChI is InChI=1S/C16H31N5O3.2C2HF3O2/c17-15(22)13-20-5-1-3-19-8-7-18(9-11-20)4-2-6-21(12-10-19)14-16(23)24;2*3-2(4,5)1(6)7/h1-14H2,(H2,17,22)(H,23,24);2*(H,6,7). The van der Waals surface area contributed by atoms with Gasteiger partial charge in [0.25, 0.3) is 0 Å². The second-order valence-corrected chi connectivity index (χ2v) is 8.41. The van der Waals surface area contributed by atoms with Gasteiger partial charge in [0, 0.05) is 45.8 Å². The number of rotatable bonds is 4. The lowest BCUT2D eigenvalue weighted by molar-refractivity contribution is -0.193. The summed E-state index contributed by atoms with van der Waals surface area (Å²) in [6, 6.07) is 0. The zero-order valence-electron chi connectivity index (χ0n) is 20.5. The fourth-order valence-electron chi connectivity index (χ4n) is 3.51. The molecule has 0 spiro atoms. The van der Waals surface area contributed by atoms with Crippen LogP contribution < -0.4 is 5.73 Å². The zero-order chi connectivity index (χ0) is 29.5. The Kier molecular flexibility index (Phi) is 15.8. The third-order valence-electron chi connectivity index (χ3n) is 5.32. The van der Waals surface area contributed by atoms with Crippen LogP contribution in [0.3, 0.4) is 0 Å². The summed E-state index contributed by atoms with van der Waals surface area (Å²) in [5.74, 6) is -6.53. The first kappa shape index (κ1) is 35.3. The van der Waals surface area contributed by atoms with Crippen LogP contribution >= 0.6 is 0 Å². The Labute approximate surface area is 214 Å². The number of amides is 1. The number of fused-ring (bicyclic) bond motifs is 3. The molecule has 12 nitrogen and oxygen atoms in total. The molecule has 2 fully saturated rings. The van der Waals surface area contributed by atoms with Crippen LogP contribution in [0.2, 0.25) is 0 Å². The minimum atomic E-state index is -5.08. The van der Waals surface area contributed by atoms with Crippen molar-refractivity contribution in [1.29, 1.82) is 0 Å². The Morgan fingerprint density at radius 3 is 1.18 bits per heavy atom. The Balaban J connectivity index is 0.000000804. The van der Waals surface area contributed by atoms with E-state index in [1.54, 1.807) is 0 Å². The smallest absolute Gasteiger partial charge is 0.480 e. The van der Waals surface area contributed by atoms with E-state index in [2.05, 4.69) is 14.7 Å². The van der Waals surface area contributed by atoms with Gasteiger partial charge >= 0.3 is 30.3 Å². The molecule has 2 bridgehead atoms. The van der Waals surface area contributed by atoms with Crippen LogP contribution in [-0.2, 0) is 19.2 Å². The molecular formula is C20H33F6N5O7. The molecule has 0 radical (unpaired) electrons. The molecule has 0 aromatic rings. The molecule has 18 heteroatoms. The highest BCUT2D eigenvalue weighted by atomic mass is 19.4. The van der Waals surface area contributed by atoms with Crippen molar-refractivity contribution in [2.75, 3.05) is 78.5 Å². The van der Waals surface area contributed by atoms with E-state index in [0.29, 0.717) is 6.54 Å². The van der Waals surface area contributed by atoms with Gasteiger partial charge in [-0.3, -0.25) is 19.4 Å². The first-order chi connectivity index (χ1) is 17.4. The number of aliphatic carboxylic acids is 3. The van der Waals surface area contributed by atoms with Crippen molar-refractivity contribution in [3.05, 3.63) is 0 Å². The van der Waals surface area contributed by atoms with E-state index in [-0.39, 0.29) is 12.5 Å². The van der Waals surface area contributed by atoms with Gasteiger partial charge in [-0.1, -0.05) is 0 Å². The van der Waals surface area contributed by atoms with E-state index >= 15 is 0 Å². The van der Waals surface area contributed by atoms with E-state index in [9.17, 15) is 35.9 Å². The number of carboxylic acid groups (broad SMARTS) is 3. The van der Waals surface area contributed by atoms with Crippen LogP contribution in [0.4, 0.5) is 26.3 Å². The van der Waals surface area contributed by atoms with Gasteiger partial charge in [-0.15, -0.1) is 0 Å². The minimum Gasteiger partial charge on any atom is -0.480 e. The van der Waals surface area contributed by atoms with Crippen LogP contribution in [0, 0.1) is 0 Å². The highest BCUT2D eigenvalue weighted by Gasteiger charge is 2.38. The topological polar surface area (TPSA) is 168 Å². The van der Waals surface area contributed by atoms with Gasteiger partial charge in [0.1, 0.15) is 0 Å². The lowest BCUT2D eigenvalue weighted by Crippen LogP contribution is -2.48. The zero-order valence-corrected chi connectivity index (χ0v) is 20.5. The predicted octanol–water partition coefficient (Wildman–Crippen LogP) is -0.162. The van der Waals surface area contributed by atoms with Crippen LogP contribution in [0.5, 0.6) is 0 Å². The number of carbonyl (C=O) groups excluding carboxylic acids is 1. The van der Waals surface area contributed by atoms with Gasteiger partial charge in [-0.25, -0.2) is 9.59 Å². The van der Waals surface area contributed by atoms with Gasteiger partial charge in [0.2, 0.25) is 5.91 Å². The lowest BCUT2D eigenvalue weighted by Gasteiger charge is -2.35. The summed E-state index contributed by atoms with van der Waals surface area (Å²) in [5.41, 5.74) is 5.36. The second kappa shape index (κ2) is 17.0. The van der Waals surface area contributed by atoms with Crippen molar-refractivity contribution in [1.82, 2.24) is 19.6 Å². The number of nitrogens with two attached hydrogens (primary N) is 1. The summed E-state index contributed by atoms with van der Waals surface area (Å²) in [5, 5.41) is 23.3. The summed E-state index contributed by atoms with van der Waals surface area (Å²) < 4.78 is 63.5. The average Bonchev–Trinajstić information content (AvgIpc) is 2.76. The summed E-state index contributed by atoms with van der Waals surface area (Å²) in [6.07, 6.45) is -8.19. The number of hydrogen-bond acceptors (Lipinski definition) is 8. The number of halogens is 6. The highest BCUT2D eigenvalue weighted by molar-refractivity contribution is 5.76. The summed E-state index contributed by atoms with van der Waals surface area (Å²) in [7, 11) is 0. The molecular weight excluding hydrogens is 536 g/mol. The first-order valence-electron chi connectivity index (χ1n) is 11.4. The molecule has 0 aliphatic carbocycles. The molecule has 5 N–H and O–H groups in total. The third kappa shape index (κ3) is 17.7. The Morgan fingerprint density at radius 2 is 0.895 bits per heavy atom. The fraction of sp³-hybridized carbons (Fsp3) is 0.800. The second-order valence-electron chi connectivity index (χ2n) is 8.41. The van der Waals surface area contributed by atoms with E-state index < -0.39 is 30.3 Å². The normalized spacial score (nSPS) is 22.1. The van der Waals surface area contributed by atoms with Gasteiger partial charge in [-0.05, 0) is 32.5 Å². The Bertz CT molecular complexity index is 708. The Hall–Kier alpha value is -2.70. The maximum Gasteiger partial charge on any atom is 0.490 e. The van der Waals surface area contributed by atoms with Crippen LogP contribution in [-0.4, -0.2) is 150 Å². The molecule has 2 atom stereocenters. The predicted molar refractivity (Wildman–Crippen MR) is 119 cm³/mol. The molecule has 2 aliphatic heterocycles. The number of nitrogens with zero attached hydrogens (tertiary/aromatic N) is 4. The number of alkyl halides is 6. The maximum atomic E-state index is 11.2. The molecule has 2 heterocycles. The van der Waals surface area contributed by atoms with Crippen LogP contribution in [0.25, 0.3) is 0 Å². The van der Waals surface area contributed by atoms with E-state index in [4.69, 9.17) is 30.6 Å². The third-order valence-corrected chi connectivity index (χ3v) is 5.32. The molecule has 0 aromatic carbocycles. The van der Waals surface area contributed by atoms with E-state index in [0.717, 1.165) is 78.3 Å². The maximum absolute atomic E-state index is 11.2. The molecule has 222 valence electrons. The van der Waals surface area contributed by atoms with E-state index in [1.807, 2.05) is 4.90 Å². The van der Waals surface area contributed by atoms with Crippen molar-refractivity contribution >= 4 is 23.8 Å². The SMILES string of the molecule is NC(=O)CN1CCCN2CCN(CCCN(CC(=O)O)CC2)CC1.O=C(O)C(F)(F)F.O=C(O)C(F)(F)F. The van der Waals surface area contributed by atoms with Crippen molar-refractivity contribution in [2.45, 2.75) is 25.2 Å². The van der Waals surface area contributed by atoms with Gasteiger partial charge in [-0.2, -0.15) is 26.3 Å². The first-order valence-corrected chi connectivity index (χ1v) is 11.4. The van der Waals surface area contributed by atoms with Crippen LogP contribution in [0.15, 0.2) is 0 Å². The molecule has 2 saturated heterocycles. The summed E-state index contributed by atoms with van der Waals surface area (Å²) >= 11 is 0. The van der Waals surface area contributed by atoms with Gasteiger partial charge in [0.15, 0.2) is 0 Å². The molecule has 2 rings (SSSR count). The summed E-state index contributed by atoms with van der Waals surface area (Å²) in [4.78, 5) is 49.1. The van der Waals surface area contributed by atoms with Gasteiger partial charge < -0.3 is 30.9 Å². The Morgan fingerprint density at radius 1 is 0.579 bits per heavy atom. The fourth-order valence-corrected chi connectivity index (χ4v) is 3.51. The molecule has 1 amide bonds. The highest BCUT2D eigenvalue weighted by Crippen LogP contribution is 2.13. The molecule has 0 saturated carbocycles. The molecule has 0 aromatic heterocycles. The molecule has 2 unspecified atom stereocenters. The number of carbonyl (C=O) groups is 4. The molecule has 2 aliphatic rings. The largest absolute Gasteiger partial charge is 0.490 e. The number of carboxylic acids is 3. The van der Waals surface area contributed by atoms with Crippen molar-refractivity contribution in [3.63, 3.8) is 0 Å². The van der Waals surface area contributed by atoms with Gasteiger partial charge in [0.05, 0.1) is 13.1 Å². The van der Waals surface area contributed by atoms with Crippen molar-refractivity contribution < 1.29 is 60.8 Å². The quantitative estimate of drug-likeness (QED) is 0.332. The number of primary amides is 1. The monoisotopic (exact) mass is 569 g/mol. The number of hydrogen-bond donors (Lipinski definition) is 4. The minimum absolute atomic E-state index is 0.125. The average molecular weight is 570 g/mol. The summed E-state index contributed by atoms with van der Waals surface area (Å²) in [6.45, 7) is 9.66. The van der Waals surface area contributed by atoms with Crippen LogP contribution in [0.1, 0.15) is 12.8 Å². The molecule has 38 heavy (non-hydrogen) atoms. The van der Waals surface area contributed by atoms with Crippen molar-refractivity contribution in [3.8, 4) is 0 Å². The van der Waals surface area contributed by atoms with E-state index in [1.165, 1.54) is 0 Å². The van der Waals surface area contributed by atoms with Crippen molar-refractivity contribution in [2.24, 2.45) is 5.73 Å². The lowest BCUT2D eigenvalue weighted by atomic mass is 10.2.